The lowest BCUT2D eigenvalue weighted by atomic mass is 10.2. The van der Waals surface area contributed by atoms with E-state index < -0.39 is 5.97 Å². The summed E-state index contributed by atoms with van der Waals surface area (Å²) in [5.74, 6) is 1.19. The van der Waals surface area contributed by atoms with Gasteiger partial charge < -0.3 is 19.2 Å². The number of nitrogens with one attached hydrogen (secondary N) is 1. The zero-order valence-corrected chi connectivity index (χ0v) is 11.7. The summed E-state index contributed by atoms with van der Waals surface area (Å²) in [7, 11) is 2.95. The summed E-state index contributed by atoms with van der Waals surface area (Å²) in [5, 5.41) is 3.28. The van der Waals surface area contributed by atoms with Crippen molar-refractivity contribution in [1.82, 2.24) is 0 Å². The Kier molecular flexibility index (Phi) is 4.30. The number of carbonyl (C=O) groups is 1. The number of carbonyl (C=O) groups excluding carboxylic acids is 1. The molecule has 106 valence electrons. The quantitative estimate of drug-likeness (QED) is 0.849. The molecule has 0 aliphatic rings. The Labute approximate surface area is 117 Å². The van der Waals surface area contributed by atoms with E-state index in [2.05, 4.69) is 10.1 Å². The molecule has 2 rings (SSSR count). The van der Waals surface area contributed by atoms with Crippen molar-refractivity contribution in [1.29, 1.82) is 0 Å². The summed E-state index contributed by atoms with van der Waals surface area (Å²) in [5.41, 5.74) is 0.939. The molecule has 1 heterocycles. The van der Waals surface area contributed by atoms with Gasteiger partial charge in [-0.1, -0.05) is 0 Å². The molecular weight excluding hydrogens is 258 g/mol. The van der Waals surface area contributed by atoms with Crippen molar-refractivity contribution in [2.45, 2.75) is 13.0 Å². The summed E-state index contributed by atoms with van der Waals surface area (Å²) >= 11 is 0. The second kappa shape index (κ2) is 6.14. The molecule has 0 aliphatic heterocycles. The maximum atomic E-state index is 11.3. The fourth-order valence-corrected chi connectivity index (χ4v) is 1.80. The van der Waals surface area contributed by atoms with Gasteiger partial charge in [0.2, 0.25) is 5.76 Å². The zero-order valence-electron chi connectivity index (χ0n) is 11.7. The van der Waals surface area contributed by atoms with Gasteiger partial charge in [0.05, 0.1) is 20.3 Å². The third-order valence-corrected chi connectivity index (χ3v) is 2.91. The molecule has 1 atom stereocenters. The highest BCUT2D eigenvalue weighted by Gasteiger charge is 2.15. The maximum absolute atomic E-state index is 11.3. The van der Waals surface area contributed by atoms with Gasteiger partial charge in [-0.2, -0.15) is 0 Å². The molecule has 0 saturated carbocycles. The molecule has 1 unspecified atom stereocenters. The molecule has 0 spiro atoms. The number of benzene rings is 1. The zero-order chi connectivity index (χ0) is 14.5. The van der Waals surface area contributed by atoms with Crippen molar-refractivity contribution >= 4 is 11.7 Å². The van der Waals surface area contributed by atoms with Crippen LogP contribution in [0.5, 0.6) is 5.75 Å². The third kappa shape index (κ3) is 3.12. The lowest BCUT2D eigenvalue weighted by Gasteiger charge is -2.13. The van der Waals surface area contributed by atoms with Crippen LogP contribution in [-0.4, -0.2) is 20.2 Å². The Morgan fingerprint density at radius 2 is 1.85 bits per heavy atom. The first-order chi connectivity index (χ1) is 9.63. The minimum absolute atomic E-state index is 0.0678. The highest BCUT2D eigenvalue weighted by molar-refractivity contribution is 5.86. The minimum Gasteiger partial charge on any atom is -0.497 e. The van der Waals surface area contributed by atoms with Crippen LogP contribution in [0.1, 0.15) is 29.3 Å². The van der Waals surface area contributed by atoms with E-state index in [-0.39, 0.29) is 11.8 Å². The lowest BCUT2D eigenvalue weighted by molar-refractivity contribution is 0.0562. The largest absolute Gasteiger partial charge is 0.497 e. The first-order valence-corrected chi connectivity index (χ1v) is 6.22. The fraction of sp³-hybridized carbons (Fsp3) is 0.267. The third-order valence-electron chi connectivity index (χ3n) is 2.91. The molecule has 5 heteroatoms. The molecule has 1 aromatic carbocycles. The van der Waals surface area contributed by atoms with Crippen LogP contribution >= 0.6 is 0 Å². The maximum Gasteiger partial charge on any atom is 0.373 e. The van der Waals surface area contributed by atoms with Gasteiger partial charge in [0.25, 0.3) is 0 Å². The highest BCUT2D eigenvalue weighted by Crippen LogP contribution is 2.23. The second-order valence-corrected chi connectivity index (χ2v) is 4.29. The fourth-order valence-electron chi connectivity index (χ4n) is 1.80. The van der Waals surface area contributed by atoms with Crippen LogP contribution in [0.4, 0.5) is 5.69 Å². The lowest BCUT2D eigenvalue weighted by Crippen LogP contribution is -2.05. The average Bonchev–Trinajstić information content (AvgIpc) is 2.97. The van der Waals surface area contributed by atoms with Gasteiger partial charge in [0.15, 0.2) is 0 Å². The van der Waals surface area contributed by atoms with Crippen LogP contribution in [0.3, 0.4) is 0 Å². The summed E-state index contributed by atoms with van der Waals surface area (Å²) in [6.45, 7) is 1.95. The molecule has 0 saturated heterocycles. The summed E-state index contributed by atoms with van der Waals surface area (Å²) in [6, 6.07) is 10.9. The van der Waals surface area contributed by atoms with E-state index in [1.165, 1.54) is 7.11 Å². The first kappa shape index (κ1) is 14.0. The normalized spacial score (nSPS) is 11.8. The van der Waals surface area contributed by atoms with Crippen LogP contribution in [-0.2, 0) is 4.74 Å². The van der Waals surface area contributed by atoms with Gasteiger partial charge >= 0.3 is 5.97 Å². The molecule has 0 fully saturated rings. The molecule has 0 bridgehead atoms. The van der Waals surface area contributed by atoms with Gasteiger partial charge in [0, 0.05) is 5.69 Å². The standard InChI is InChI=1S/C15H17NO4/c1-10(13-8-9-14(20-13)15(17)19-3)16-11-4-6-12(18-2)7-5-11/h4-10,16H,1-3H3. The molecule has 1 N–H and O–H groups in total. The van der Waals surface area contributed by atoms with Crippen LogP contribution < -0.4 is 10.1 Å². The number of ether oxygens (including phenoxy) is 2. The highest BCUT2D eigenvalue weighted by atomic mass is 16.5. The van der Waals surface area contributed by atoms with Gasteiger partial charge in [-0.15, -0.1) is 0 Å². The van der Waals surface area contributed by atoms with E-state index in [1.54, 1.807) is 19.2 Å². The summed E-state index contributed by atoms with van der Waals surface area (Å²) in [6.07, 6.45) is 0. The number of hydrogen-bond donors (Lipinski definition) is 1. The van der Waals surface area contributed by atoms with Crippen LogP contribution in [0, 0.1) is 0 Å². The minimum atomic E-state index is -0.479. The Balaban J connectivity index is 2.05. The molecule has 1 aromatic heterocycles. The molecule has 0 radical (unpaired) electrons. The van der Waals surface area contributed by atoms with E-state index in [4.69, 9.17) is 9.15 Å². The van der Waals surface area contributed by atoms with Crippen molar-refractivity contribution in [3.05, 3.63) is 47.9 Å². The summed E-state index contributed by atoms with van der Waals surface area (Å²) in [4.78, 5) is 11.3. The molecule has 0 aliphatic carbocycles. The molecular formula is C15H17NO4. The molecule has 20 heavy (non-hydrogen) atoms. The predicted molar refractivity (Wildman–Crippen MR) is 75.1 cm³/mol. The monoisotopic (exact) mass is 275 g/mol. The number of rotatable bonds is 5. The number of anilines is 1. The SMILES string of the molecule is COC(=O)c1ccc(C(C)Nc2ccc(OC)cc2)o1. The number of esters is 1. The van der Waals surface area contributed by atoms with Crippen molar-refractivity contribution in [3.63, 3.8) is 0 Å². The Hall–Kier alpha value is -2.43. The predicted octanol–water partition coefficient (Wildman–Crippen LogP) is 3.25. The van der Waals surface area contributed by atoms with Crippen LogP contribution in [0.2, 0.25) is 0 Å². The Morgan fingerprint density at radius 3 is 2.45 bits per heavy atom. The van der Waals surface area contributed by atoms with E-state index in [9.17, 15) is 4.79 Å². The molecule has 0 amide bonds. The molecule has 2 aromatic rings. The second-order valence-electron chi connectivity index (χ2n) is 4.29. The van der Waals surface area contributed by atoms with Crippen molar-refractivity contribution in [3.8, 4) is 5.75 Å². The average molecular weight is 275 g/mol. The van der Waals surface area contributed by atoms with E-state index in [0.29, 0.717) is 5.76 Å². The van der Waals surface area contributed by atoms with Crippen LogP contribution in [0.25, 0.3) is 0 Å². The number of methoxy groups -OCH3 is 2. The number of furan rings is 1. The summed E-state index contributed by atoms with van der Waals surface area (Å²) < 4.78 is 15.2. The Morgan fingerprint density at radius 1 is 1.15 bits per heavy atom. The van der Waals surface area contributed by atoms with Crippen molar-refractivity contribution in [2.75, 3.05) is 19.5 Å². The van der Waals surface area contributed by atoms with Gasteiger partial charge in [0.1, 0.15) is 11.5 Å². The smallest absolute Gasteiger partial charge is 0.373 e. The number of hydrogen-bond acceptors (Lipinski definition) is 5. The molecule has 5 nitrogen and oxygen atoms in total. The van der Waals surface area contributed by atoms with Gasteiger partial charge in [-0.05, 0) is 43.3 Å². The topological polar surface area (TPSA) is 60.7 Å². The van der Waals surface area contributed by atoms with Crippen molar-refractivity contribution in [2.24, 2.45) is 0 Å². The first-order valence-electron chi connectivity index (χ1n) is 6.22. The van der Waals surface area contributed by atoms with Gasteiger partial charge in [-0.3, -0.25) is 0 Å². The Bertz CT molecular complexity index is 574. The van der Waals surface area contributed by atoms with E-state index in [1.807, 2.05) is 31.2 Å². The van der Waals surface area contributed by atoms with E-state index in [0.717, 1.165) is 11.4 Å². The van der Waals surface area contributed by atoms with Crippen molar-refractivity contribution < 1.29 is 18.7 Å². The van der Waals surface area contributed by atoms with Crippen LogP contribution in [0.15, 0.2) is 40.8 Å². The van der Waals surface area contributed by atoms with E-state index >= 15 is 0 Å². The van der Waals surface area contributed by atoms with Gasteiger partial charge in [-0.25, -0.2) is 4.79 Å².